The number of carbonyl (C=O) groups is 2. The summed E-state index contributed by atoms with van der Waals surface area (Å²) in [7, 11) is 0. The quantitative estimate of drug-likeness (QED) is 0.470. The van der Waals surface area contributed by atoms with Crippen molar-refractivity contribution in [3.8, 4) is 0 Å². The SMILES string of the molecule is CC12CCC(C(=O)NNC(=O)c3cccc([N+](=O)[O-])c3)(c3nc4ccccc4nc31)C2(C)C. The largest absolute Gasteiger partial charge is 0.272 e. The molecule has 1 saturated carbocycles. The van der Waals surface area contributed by atoms with E-state index in [1.54, 1.807) is 0 Å². The van der Waals surface area contributed by atoms with Crippen LogP contribution in [0.15, 0.2) is 48.5 Å². The number of hydrogen-bond donors (Lipinski definition) is 2. The lowest BCUT2D eigenvalue weighted by atomic mass is 9.63. The van der Waals surface area contributed by atoms with Gasteiger partial charge in [0.1, 0.15) is 5.41 Å². The maximum Gasteiger partial charge on any atom is 0.270 e. The van der Waals surface area contributed by atoms with E-state index in [0.717, 1.165) is 23.1 Å². The number of nitrogens with one attached hydrogen (secondary N) is 2. The van der Waals surface area contributed by atoms with Gasteiger partial charge >= 0.3 is 0 Å². The first kappa shape index (κ1) is 21.0. The zero-order valence-corrected chi connectivity index (χ0v) is 18.5. The van der Waals surface area contributed by atoms with E-state index in [0.29, 0.717) is 12.1 Å². The van der Waals surface area contributed by atoms with Crippen LogP contribution < -0.4 is 10.9 Å². The van der Waals surface area contributed by atoms with Crippen LogP contribution >= 0.6 is 0 Å². The van der Waals surface area contributed by atoms with Gasteiger partial charge in [0.05, 0.1) is 27.3 Å². The van der Waals surface area contributed by atoms with Crippen molar-refractivity contribution >= 4 is 28.5 Å². The highest BCUT2D eigenvalue weighted by Crippen LogP contribution is 2.70. The van der Waals surface area contributed by atoms with Gasteiger partial charge < -0.3 is 0 Å². The summed E-state index contributed by atoms with van der Waals surface area (Å²) in [6.07, 6.45) is 1.35. The number of hydrogen-bond acceptors (Lipinski definition) is 6. The van der Waals surface area contributed by atoms with Crippen LogP contribution in [-0.2, 0) is 15.6 Å². The van der Waals surface area contributed by atoms with Crippen molar-refractivity contribution in [2.75, 3.05) is 0 Å². The van der Waals surface area contributed by atoms with E-state index in [2.05, 4.69) is 31.6 Å². The first-order chi connectivity index (χ1) is 15.6. The Morgan fingerprint density at radius 2 is 1.61 bits per heavy atom. The predicted octanol–water partition coefficient (Wildman–Crippen LogP) is 3.33. The summed E-state index contributed by atoms with van der Waals surface area (Å²) in [4.78, 5) is 46.5. The Kier molecular flexibility index (Phi) is 4.33. The lowest BCUT2D eigenvalue weighted by Crippen LogP contribution is -2.55. The topological polar surface area (TPSA) is 127 Å². The van der Waals surface area contributed by atoms with Crippen molar-refractivity contribution in [1.82, 2.24) is 20.8 Å². The van der Waals surface area contributed by atoms with Crippen molar-refractivity contribution in [3.63, 3.8) is 0 Å². The number of rotatable bonds is 3. The van der Waals surface area contributed by atoms with Gasteiger partial charge in [-0.25, -0.2) is 9.97 Å². The molecule has 2 atom stereocenters. The van der Waals surface area contributed by atoms with Crippen LogP contribution in [0.1, 0.15) is 55.4 Å². The molecule has 33 heavy (non-hydrogen) atoms. The third-order valence-electron chi connectivity index (χ3n) is 7.94. The van der Waals surface area contributed by atoms with Gasteiger partial charge in [-0.15, -0.1) is 0 Å². The molecule has 2 N–H and O–H groups in total. The Bertz CT molecular complexity index is 1350. The summed E-state index contributed by atoms with van der Waals surface area (Å²) in [5, 5.41) is 11.0. The Hall–Kier alpha value is -3.88. The lowest BCUT2D eigenvalue weighted by molar-refractivity contribution is -0.384. The molecule has 5 rings (SSSR count). The van der Waals surface area contributed by atoms with Crippen molar-refractivity contribution in [3.05, 3.63) is 75.6 Å². The Labute approximate surface area is 189 Å². The first-order valence-electron chi connectivity index (χ1n) is 10.7. The summed E-state index contributed by atoms with van der Waals surface area (Å²) in [6.45, 7) is 6.23. The lowest BCUT2D eigenvalue weighted by Gasteiger charge is -2.39. The highest BCUT2D eigenvalue weighted by atomic mass is 16.6. The Morgan fingerprint density at radius 3 is 2.27 bits per heavy atom. The third kappa shape index (κ3) is 2.65. The van der Waals surface area contributed by atoms with Gasteiger partial charge in [-0.1, -0.05) is 39.0 Å². The standard InChI is InChI=1S/C24H23N5O4/c1-22(2)23(3)11-12-24(22,19-18(23)25-16-9-4-5-10-17(16)26-19)21(31)28-27-20(30)14-7-6-8-15(13-14)29(32)33/h4-10,13H,11-12H2,1-3H3,(H,27,30)(H,28,31). The number of carbonyl (C=O) groups excluding carboxylic acids is 2. The molecule has 2 aliphatic rings. The molecule has 0 aliphatic heterocycles. The summed E-state index contributed by atoms with van der Waals surface area (Å²) in [6, 6.07) is 12.9. The fourth-order valence-electron chi connectivity index (χ4n) is 5.60. The smallest absolute Gasteiger partial charge is 0.270 e. The molecule has 9 heteroatoms. The number of nitrogens with zero attached hydrogens (tertiary/aromatic N) is 3. The molecule has 1 fully saturated rings. The number of nitro benzene ring substituents is 1. The molecule has 0 radical (unpaired) electrons. The normalized spacial score (nSPS) is 24.3. The van der Waals surface area contributed by atoms with Crippen molar-refractivity contribution in [1.29, 1.82) is 0 Å². The monoisotopic (exact) mass is 445 g/mol. The van der Waals surface area contributed by atoms with Crippen LogP contribution in [0.25, 0.3) is 11.0 Å². The summed E-state index contributed by atoms with van der Waals surface area (Å²) in [5.74, 6) is -0.997. The van der Waals surface area contributed by atoms with Crippen LogP contribution in [0.5, 0.6) is 0 Å². The van der Waals surface area contributed by atoms with Crippen LogP contribution in [0, 0.1) is 15.5 Å². The fraction of sp³-hybridized carbons (Fsp3) is 0.333. The maximum atomic E-state index is 13.7. The third-order valence-corrected chi connectivity index (χ3v) is 7.94. The minimum atomic E-state index is -0.968. The van der Waals surface area contributed by atoms with E-state index in [4.69, 9.17) is 9.97 Å². The van der Waals surface area contributed by atoms with Crippen molar-refractivity contribution in [2.45, 2.75) is 44.4 Å². The van der Waals surface area contributed by atoms with Gasteiger partial charge in [-0.05, 0) is 36.5 Å². The van der Waals surface area contributed by atoms with Crippen LogP contribution in [0.3, 0.4) is 0 Å². The van der Waals surface area contributed by atoms with Gasteiger partial charge in [-0.3, -0.25) is 30.6 Å². The van der Waals surface area contributed by atoms with Gasteiger partial charge in [-0.2, -0.15) is 0 Å². The zero-order valence-electron chi connectivity index (χ0n) is 18.5. The molecule has 168 valence electrons. The average molecular weight is 445 g/mol. The van der Waals surface area contributed by atoms with E-state index in [1.165, 1.54) is 24.3 Å². The molecule has 2 bridgehead atoms. The van der Waals surface area contributed by atoms with E-state index >= 15 is 0 Å². The molecule has 2 unspecified atom stereocenters. The number of benzene rings is 2. The Balaban J connectivity index is 1.49. The molecule has 1 aromatic heterocycles. The predicted molar refractivity (Wildman–Crippen MR) is 120 cm³/mol. The number of amides is 2. The average Bonchev–Trinajstić information content (AvgIpc) is 3.10. The zero-order chi connectivity index (χ0) is 23.6. The van der Waals surface area contributed by atoms with Gasteiger partial charge in [0.25, 0.3) is 17.5 Å². The molecule has 0 spiro atoms. The highest BCUT2D eigenvalue weighted by molar-refractivity contribution is 5.98. The van der Waals surface area contributed by atoms with Crippen molar-refractivity contribution < 1.29 is 14.5 Å². The van der Waals surface area contributed by atoms with Crippen LogP contribution in [-0.4, -0.2) is 26.7 Å². The van der Waals surface area contributed by atoms with E-state index in [-0.39, 0.29) is 22.6 Å². The van der Waals surface area contributed by atoms with E-state index in [1.807, 2.05) is 24.3 Å². The number of fused-ring (bicyclic) bond motifs is 6. The second-order valence-corrected chi connectivity index (χ2v) is 9.49. The molecular formula is C24H23N5O4. The minimum Gasteiger partial charge on any atom is -0.272 e. The molecular weight excluding hydrogens is 422 g/mol. The van der Waals surface area contributed by atoms with Crippen molar-refractivity contribution in [2.24, 2.45) is 5.41 Å². The fourth-order valence-corrected chi connectivity index (χ4v) is 5.60. The number of nitro groups is 1. The molecule has 1 heterocycles. The minimum absolute atomic E-state index is 0.0788. The molecule has 2 aromatic carbocycles. The molecule has 2 amide bonds. The summed E-state index contributed by atoms with van der Waals surface area (Å²) >= 11 is 0. The van der Waals surface area contributed by atoms with E-state index in [9.17, 15) is 19.7 Å². The van der Waals surface area contributed by atoms with E-state index < -0.39 is 21.7 Å². The molecule has 2 aliphatic carbocycles. The van der Waals surface area contributed by atoms with Gasteiger partial charge in [0.15, 0.2) is 0 Å². The van der Waals surface area contributed by atoms with Gasteiger partial charge in [0.2, 0.25) is 0 Å². The number of non-ortho nitro benzene ring substituents is 1. The number of aromatic nitrogens is 2. The molecule has 3 aromatic rings. The van der Waals surface area contributed by atoms with Gasteiger partial charge in [0, 0.05) is 23.1 Å². The summed E-state index contributed by atoms with van der Waals surface area (Å²) < 4.78 is 0. The van der Waals surface area contributed by atoms with Crippen LogP contribution in [0.4, 0.5) is 5.69 Å². The second-order valence-electron chi connectivity index (χ2n) is 9.49. The maximum absolute atomic E-state index is 13.7. The van der Waals surface area contributed by atoms with Crippen LogP contribution in [0.2, 0.25) is 0 Å². The highest BCUT2D eigenvalue weighted by Gasteiger charge is 2.73. The summed E-state index contributed by atoms with van der Waals surface area (Å²) in [5.41, 5.74) is 6.06. The second kappa shape index (κ2) is 6.81. The molecule has 0 saturated heterocycles. The molecule has 9 nitrogen and oxygen atoms in total. The number of hydrazine groups is 1. The Morgan fingerprint density at radius 1 is 0.939 bits per heavy atom. The first-order valence-corrected chi connectivity index (χ1v) is 10.7. The number of para-hydroxylation sites is 2.